The smallest absolute Gasteiger partial charge is 0.416 e. The summed E-state index contributed by atoms with van der Waals surface area (Å²) in [6, 6.07) is 4.75. The molecule has 96 valence electrons. The zero-order valence-corrected chi connectivity index (χ0v) is 9.16. The van der Waals surface area contributed by atoms with Crippen LogP contribution in [0.5, 0.6) is 0 Å². The zero-order valence-electron chi connectivity index (χ0n) is 9.16. The number of hydrogen-bond donors (Lipinski definition) is 2. The van der Waals surface area contributed by atoms with E-state index in [1.807, 2.05) is 0 Å². The van der Waals surface area contributed by atoms with Gasteiger partial charge in [-0.25, -0.2) is 0 Å². The second-order valence-electron chi connectivity index (χ2n) is 3.55. The molecule has 2 aromatic rings. The van der Waals surface area contributed by atoms with Crippen LogP contribution in [0, 0.1) is 0 Å². The molecule has 0 aliphatic rings. The fraction of sp³-hybridized carbons (Fsp3) is 0.182. The Balaban J connectivity index is 2.11. The van der Waals surface area contributed by atoms with Crippen LogP contribution in [0.1, 0.15) is 11.3 Å². The summed E-state index contributed by atoms with van der Waals surface area (Å²) in [6.07, 6.45) is -2.96. The van der Waals surface area contributed by atoms with Crippen LogP contribution in [0.3, 0.4) is 0 Å². The predicted octanol–water partition coefficient (Wildman–Crippen LogP) is 2.90. The molecular weight excluding hydrogens is 247 g/mol. The maximum absolute atomic E-state index is 12.3. The molecule has 0 radical (unpaired) electrons. The van der Waals surface area contributed by atoms with Crippen molar-refractivity contribution in [3.05, 3.63) is 41.8 Å². The summed E-state index contributed by atoms with van der Waals surface area (Å²) in [7, 11) is 0. The van der Waals surface area contributed by atoms with Gasteiger partial charge in [-0.3, -0.25) is 0 Å². The van der Waals surface area contributed by atoms with Gasteiger partial charge in [0.25, 0.3) is 6.01 Å². The van der Waals surface area contributed by atoms with Crippen molar-refractivity contribution in [2.75, 3.05) is 5.32 Å². The number of nitrogens with two attached hydrogens (primary N) is 1. The van der Waals surface area contributed by atoms with Crippen molar-refractivity contribution in [1.29, 1.82) is 0 Å². The number of anilines is 2. The van der Waals surface area contributed by atoms with E-state index in [0.717, 1.165) is 12.1 Å². The van der Waals surface area contributed by atoms with E-state index in [2.05, 4.69) is 10.3 Å². The summed E-state index contributed by atoms with van der Waals surface area (Å²) >= 11 is 0. The predicted molar refractivity (Wildman–Crippen MR) is 59.1 cm³/mol. The average molecular weight is 257 g/mol. The van der Waals surface area contributed by atoms with E-state index in [4.69, 9.17) is 10.2 Å². The van der Waals surface area contributed by atoms with Gasteiger partial charge < -0.3 is 15.5 Å². The fourth-order valence-corrected chi connectivity index (χ4v) is 1.32. The largest absolute Gasteiger partial charge is 0.432 e. The molecule has 0 unspecified atom stereocenters. The van der Waals surface area contributed by atoms with Crippen LogP contribution in [-0.4, -0.2) is 4.98 Å². The van der Waals surface area contributed by atoms with Crippen LogP contribution in [0.2, 0.25) is 0 Å². The molecule has 0 spiro atoms. The van der Waals surface area contributed by atoms with E-state index >= 15 is 0 Å². The third-order valence-corrected chi connectivity index (χ3v) is 2.22. The number of hydrogen-bond acceptors (Lipinski definition) is 4. The molecule has 18 heavy (non-hydrogen) atoms. The second kappa shape index (κ2) is 4.69. The maximum atomic E-state index is 12.3. The highest BCUT2D eigenvalue weighted by atomic mass is 19.4. The standard InChI is InChI=1S/C11H10F3N3O/c12-11(13,14)7-1-3-8(4-2-7)16-10-17-9(5-15)6-18-10/h1-4,6H,5,15H2,(H,16,17). The molecule has 0 aliphatic carbocycles. The highest BCUT2D eigenvalue weighted by Crippen LogP contribution is 2.30. The normalized spacial score (nSPS) is 11.6. The van der Waals surface area contributed by atoms with Gasteiger partial charge in [-0.15, -0.1) is 0 Å². The van der Waals surface area contributed by atoms with Crippen LogP contribution >= 0.6 is 0 Å². The Bertz CT molecular complexity index is 519. The Labute approximate surface area is 101 Å². The van der Waals surface area contributed by atoms with E-state index in [1.165, 1.54) is 18.4 Å². The van der Waals surface area contributed by atoms with Crippen molar-refractivity contribution in [2.24, 2.45) is 5.73 Å². The van der Waals surface area contributed by atoms with Crippen LogP contribution in [0.25, 0.3) is 0 Å². The number of nitrogens with one attached hydrogen (secondary N) is 1. The number of nitrogens with zero attached hydrogens (tertiary/aromatic N) is 1. The van der Waals surface area contributed by atoms with Crippen LogP contribution in [0.15, 0.2) is 34.9 Å². The van der Waals surface area contributed by atoms with Crippen molar-refractivity contribution in [1.82, 2.24) is 4.98 Å². The molecule has 0 saturated heterocycles. The molecule has 0 fully saturated rings. The monoisotopic (exact) mass is 257 g/mol. The molecule has 0 amide bonds. The number of oxazole rings is 1. The van der Waals surface area contributed by atoms with Crippen molar-refractivity contribution >= 4 is 11.7 Å². The summed E-state index contributed by atoms with van der Waals surface area (Å²) in [6.45, 7) is 0.234. The molecule has 0 atom stereocenters. The summed E-state index contributed by atoms with van der Waals surface area (Å²) in [5.41, 5.74) is 5.66. The Kier molecular flexibility index (Phi) is 3.24. The number of rotatable bonds is 3. The Hall–Kier alpha value is -2.02. The highest BCUT2D eigenvalue weighted by molar-refractivity contribution is 5.52. The Morgan fingerprint density at radius 3 is 2.39 bits per heavy atom. The van der Waals surface area contributed by atoms with Crippen molar-refractivity contribution < 1.29 is 17.6 Å². The van der Waals surface area contributed by atoms with Crippen molar-refractivity contribution in [3.63, 3.8) is 0 Å². The molecule has 0 saturated carbocycles. The first-order valence-corrected chi connectivity index (χ1v) is 5.08. The highest BCUT2D eigenvalue weighted by Gasteiger charge is 2.29. The van der Waals surface area contributed by atoms with E-state index in [1.54, 1.807) is 0 Å². The van der Waals surface area contributed by atoms with E-state index in [0.29, 0.717) is 11.4 Å². The molecule has 4 nitrogen and oxygen atoms in total. The molecule has 7 heteroatoms. The van der Waals surface area contributed by atoms with Crippen LogP contribution < -0.4 is 11.1 Å². The molecule has 0 aliphatic heterocycles. The van der Waals surface area contributed by atoms with Gasteiger partial charge >= 0.3 is 6.18 Å². The molecule has 2 rings (SSSR count). The second-order valence-corrected chi connectivity index (χ2v) is 3.55. The minimum Gasteiger partial charge on any atom is -0.432 e. The van der Waals surface area contributed by atoms with Gasteiger partial charge in [0.05, 0.1) is 11.3 Å². The number of benzene rings is 1. The fourth-order valence-electron chi connectivity index (χ4n) is 1.32. The molecule has 1 aromatic carbocycles. The average Bonchev–Trinajstić information content (AvgIpc) is 2.76. The topological polar surface area (TPSA) is 64.1 Å². The van der Waals surface area contributed by atoms with E-state index in [-0.39, 0.29) is 12.6 Å². The quantitative estimate of drug-likeness (QED) is 0.887. The summed E-state index contributed by atoms with van der Waals surface area (Å²) < 4.78 is 42.0. The van der Waals surface area contributed by atoms with Gasteiger partial charge in [-0.05, 0) is 24.3 Å². The van der Waals surface area contributed by atoms with Gasteiger partial charge in [0.2, 0.25) is 0 Å². The third kappa shape index (κ3) is 2.80. The van der Waals surface area contributed by atoms with Crippen molar-refractivity contribution in [2.45, 2.75) is 12.7 Å². The van der Waals surface area contributed by atoms with E-state index in [9.17, 15) is 13.2 Å². The minimum atomic E-state index is -4.34. The van der Waals surface area contributed by atoms with Crippen molar-refractivity contribution in [3.8, 4) is 0 Å². The lowest BCUT2D eigenvalue weighted by Gasteiger charge is -2.07. The van der Waals surface area contributed by atoms with Crippen LogP contribution in [0.4, 0.5) is 24.9 Å². The molecule has 3 N–H and O–H groups in total. The van der Waals surface area contributed by atoms with Gasteiger partial charge in [0, 0.05) is 12.2 Å². The first kappa shape index (κ1) is 12.4. The number of alkyl halides is 3. The Morgan fingerprint density at radius 1 is 1.22 bits per heavy atom. The molecule has 1 heterocycles. The number of halogens is 3. The van der Waals surface area contributed by atoms with Gasteiger partial charge in [0.15, 0.2) is 0 Å². The summed E-state index contributed by atoms with van der Waals surface area (Å²) in [5, 5.41) is 2.74. The molecular formula is C11H10F3N3O. The minimum absolute atomic E-state index is 0.190. The SMILES string of the molecule is NCc1coc(Nc2ccc(C(F)(F)F)cc2)n1. The lowest BCUT2D eigenvalue weighted by Crippen LogP contribution is -2.04. The summed E-state index contributed by atoms with van der Waals surface area (Å²) in [5.74, 6) is 0. The number of aromatic nitrogens is 1. The first-order valence-electron chi connectivity index (χ1n) is 5.08. The summed E-state index contributed by atoms with van der Waals surface area (Å²) in [4.78, 5) is 3.97. The Morgan fingerprint density at radius 2 is 1.89 bits per heavy atom. The van der Waals surface area contributed by atoms with Gasteiger partial charge in [0.1, 0.15) is 6.26 Å². The van der Waals surface area contributed by atoms with Gasteiger partial charge in [-0.2, -0.15) is 18.2 Å². The molecule has 1 aromatic heterocycles. The van der Waals surface area contributed by atoms with Crippen LogP contribution in [-0.2, 0) is 12.7 Å². The lowest BCUT2D eigenvalue weighted by molar-refractivity contribution is -0.137. The zero-order chi connectivity index (χ0) is 13.2. The van der Waals surface area contributed by atoms with Gasteiger partial charge in [-0.1, -0.05) is 0 Å². The third-order valence-electron chi connectivity index (χ3n) is 2.22. The maximum Gasteiger partial charge on any atom is 0.416 e. The first-order chi connectivity index (χ1) is 8.49. The molecule has 0 bridgehead atoms. The van der Waals surface area contributed by atoms with E-state index < -0.39 is 11.7 Å². The lowest BCUT2D eigenvalue weighted by atomic mass is 10.2.